The molecule has 0 unspecified atom stereocenters. The number of amides is 1. The molecule has 2 aliphatic rings. The van der Waals surface area contributed by atoms with Crippen molar-refractivity contribution >= 4 is 5.91 Å². The summed E-state index contributed by atoms with van der Waals surface area (Å²) in [7, 11) is 0. The number of halogens is 3. The van der Waals surface area contributed by atoms with Gasteiger partial charge in [0.25, 0.3) is 0 Å². The first-order valence-electron chi connectivity index (χ1n) is 8.31. The minimum absolute atomic E-state index is 0.0482. The van der Waals surface area contributed by atoms with Gasteiger partial charge < -0.3 is 5.32 Å². The molecule has 0 bridgehead atoms. The first-order valence-corrected chi connectivity index (χ1v) is 8.31. The molecule has 1 heterocycles. The molecule has 1 N–H and O–H groups in total. The SMILES string of the molecule is O=C(NC1CC1)[C@@H](c1ccccc1)N1CCN(CC(F)(F)F)CC1. The Labute approximate surface area is 139 Å². The van der Waals surface area contributed by atoms with E-state index in [4.69, 9.17) is 0 Å². The Morgan fingerprint density at radius 1 is 1.12 bits per heavy atom. The van der Waals surface area contributed by atoms with Crippen LogP contribution in [0.2, 0.25) is 0 Å². The molecule has 0 spiro atoms. The molecule has 2 fully saturated rings. The summed E-state index contributed by atoms with van der Waals surface area (Å²) in [6.45, 7) is 0.658. The average molecular weight is 341 g/mol. The maximum absolute atomic E-state index is 12.7. The molecule has 4 nitrogen and oxygen atoms in total. The van der Waals surface area contributed by atoms with Crippen LogP contribution in [0.15, 0.2) is 30.3 Å². The molecule has 1 saturated carbocycles. The third-order valence-electron chi connectivity index (χ3n) is 4.46. The molecule has 3 rings (SSSR count). The third kappa shape index (κ3) is 4.70. The van der Waals surface area contributed by atoms with E-state index >= 15 is 0 Å². The molecule has 0 radical (unpaired) electrons. The summed E-state index contributed by atoms with van der Waals surface area (Å²) in [5.41, 5.74) is 0.889. The molecule has 1 amide bonds. The van der Waals surface area contributed by atoms with E-state index in [9.17, 15) is 18.0 Å². The zero-order valence-corrected chi connectivity index (χ0v) is 13.4. The molecular formula is C17H22F3N3O. The number of carbonyl (C=O) groups is 1. The summed E-state index contributed by atoms with van der Waals surface area (Å²) >= 11 is 0. The fraction of sp³-hybridized carbons (Fsp3) is 0.588. The predicted octanol–water partition coefficient (Wildman–Crippen LogP) is 2.19. The van der Waals surface area contributed by atoms with E-state index in [1.807, 2.05) is 35.2 Å². The number of nitrogens with one attached hydrogen (secondary N) is 1. The lowest BCUT2D eigenvalue weighted by atomic mass is 10.0. The van der Waals surface area contributed by atoms with E-state index in [0.717, 1.165) is 18.4 Å². The van der Waals surface area contributed by atoms with Crippen molar-refractivity contribution in [3.63, 3.8) is 0 Å². The van der Waals surface area contributed by atoms with Crippen LogP contribution in [0, 0.1) is 0 Å². The first-order chi connectivity index (χ1) is 11.4. The minimum atomic E-state index is -4.18. The molecule has 1 aromatic rings. The zero-order valence-electron chi connectivity index (χ0n) is 13.4. The molecule has 7 heteroatoms. The fourth-order valence-electron chi connectivity index (χ4n) is 3.10. The second-order valence-corrected chi connectivity index (χ2v) is 6.52. The van der Waals surface area contributed by atoms with E-state index in [-0.39, 0.29) is 11.9 Å². The molecule has 0 aromatic heterocycles. The van der Waals surface area contributed by atoms with E-state index in [2.05, 4.69) is 5.32 Å². The van der Waals surface area contributed by atoms with Crippen molar-refractivity contribution in [1.82, 2.24) is 15.1 Å². The number of piperazine rings is 1. The normalized spacial score (nSPS) is 21.5. The topological polar surface area (TPSA) is 35.6 Å². The van der Waals surface area contributed by atoms with E-state index < -0.39 is 18.8 Å². The van der Waals surface area contributed by atoms with Gasteiger partial charge >= 0.3 is 6.18 Å². The summed E-state index contributed by atoms with van der Waals surface area (Å²) in [6, 6.07) is 9.29. The van der Waals surface area contributed by atoms with Gasteiger partial charge in [0.2, 0.25) is 5.91 Å². The molecule has 1 saturated heterocycles. The van der Waals surface area contributed by atoms with E-state index in [0.29, 0.717) is 26.2 Å². The van der Waals surface area contributed by atoms with Crippen LogP contribution in [0.25, 0.3) is 0 Å². The molecule has 132 valence electrons. The van der Waals surface area contributed by atoms with Gasteiger partial charge in [-0.15, -0.1) is 0 Å². The van der Waals surface area contributed by atoms with Gasteiger partial charge in [-0.2, -0.15) is 13.2 Å². The highest BCUT2D eigenvalue weighted by atomic mass is 19.4. The van der Waals surface area contributed by atoms with Crippen molar-refractivity contribution in [3.8, 4) is 0 Å². The summed E-state index contributed by atoms with van der Waals surface area (Å²) < 4.78 is 37.6. The molecular weight excluding hydrogens is 319 g/mol. The zero-order chi connectivity index (χ0) is 17.2. The third-order valence-corrected chi connectivity index (χ3v) is 4.46. The lowest BCUT2D eigenvalue weighted by molar-refractivity contribution is -0.151. The summed E-state index contributed by atoms with van der Waals surface area (Å²) in [5, 5.41) is 3.02. The van der Waals surface area contributed by atoms with Crippen LogP contribution in [0.5, 0.6) is 0 Å². The Kier molecular flexibility index (Phi) is 5.10. The monoisotopic (exact) mass is 341 g/mol. The number of hydrogen-bond donors (Lipinski definition) is 1. The van der Waals surface area contributed by atoms with Crippen molar-refractivity contribution in [2.75, 3.05) is 32.7 Å². The Morgan fingerprint density at radius 3 is 2.29 bits per heavy atom. The standard InChI is InChI=1S/C17H22F3N3O/c18-17(19,20)12-22-8-10-23(11-9-22)15(13-4-2-1-3-5-13)16(24)21-14-6-7-14/h1-5,14-15H,6-12H2,(H,21,24)/t15-/m1/s1. The minimum Gasteiger partial charge on any atom is -0.352 e. The van der Waals surface area contributed by atoms with Crippen molar-refractivity contribution < 1.29 is 18.0 Å². The van der Waals surface area contributed by atoms with Gasteiger partial charge in [-0.1, -0.05) is 30.3 Å². The van der Waals surface area contributed by atoms with Crippen LogP contribution in [0.1, 0.15) is 24.4 Å². The van der Waals surface area contributed by atoms with Crippen molar-refractivity contribution in [3.05, 3.63) is 35.9 Å². The van der Waals surface area contributed by atoms with Crippen molar-refractivity contribution in [1.29, 1.82) is 0 Å². The van der Waals surface area contributed by atoms with Gasteiger partial charge in [-0.05, 0) is 18.4 Å². The molecule has 1 aliphatic heterocycles. The summed E-state index contributed by atoms with van der Waals surface area (Å²) in [6.07, 6.45) is -2.16. The second kappa shape index (κ2) is 7.11. The lowest BCUT2D eigenvalue weighted by Gasteiger charge is -2.39. The fourth-order valence-corrected chi connectivity index (χ4v) is 3.10. The number of hydrogen-bond acceptors (Lipinski definition) is 3. The number of carbonyl (C=O) groups excluding carboxylic acids is 1. The summed E-state index contributed by atoms with van der Waals surface area (Å²) in [4.78, 5) is 16.0. The van der Waals surface area contributed by atoms with Gasteiger partial charge in [0, 0.05) is 32.2 Å². The molecule has 1 atom stereocenters. The number of nitrogens with zero attached hydrogens (tertiary/aromatic N) is 2. The highest BCUT2D eigenvalue weighted by Crippen LogP contribution is 2.26. The molecule has 1 aliphatic carbocycles. The van der Waals surface area contributed by atoms with Crippen LogP contribution in [0.3, 0.4) is 0 Å². The molecule has 1 aromatic carbocycles. The summed E-state index contributed by atoms with van der Waals surface area (Å²) in [5.74, 6) is -0.0482. The van der Waals surface area contributed by atoms with Gasteiger partial charge in [-0.25, -0.2) is 0 Å². The Balaban J connectivity index is 1.66. The lowest BCUT2D eigenvalue weighted by Crippen LogP contribution is -2.52. The highest BCUT2D eigenvalue weighted by molar-refractivity contribution is 5.83. The van der Waals surface area contributed by atoms with Crippen LogP contribution in [0.4, 0.5) is 13.2 Å². The quantitative estimate of drug-likeness (QED) is 0.892. The van der Waals surface area contributed by atoms with Gasteiger partial charge in [0.1, 0.15) is 6.04 Å². The van der Waals surface area contributed by atoms with Gasteiger partial charge in [0.05, 0.1) is 6.54 Å². The van der Waals surface area contributed by atoms with Gasteiger partial charge in [0.15, 0.2) is 0 Å². The van der Waals surface area contributed by atoms with Crippen LogP contribution < -0.4 is 5.32 Å². The maximum Gasteiger partial charge on any atom is 0.401 e. The van der Waals surface area contributed by atoms with Crippen LogP contribution >= 0.6 is 0 Å². The van der Waals surface area contributed by atoms with Crippen molar-refractivity contribution in [2.45, 2.75) is 31.1 Å². The Hall–Kier alpha value is -1.60. The Morgan fingerprint density at radius 2 is 1.75 bits per heavy atom. The number of rotatable bonds is 5. The largest absolute Gasteiger partial charge is 0.401 e. The maximum atomic E-state index is 12.7. The second-order valence-electron chi connectivity index (χ2n) is 6.52. The van der Waals surface area contributed by atoms with Crippen LogP contribution in [-0.4, -0.2) is 60.6 Å². The smallest absolute Gasteiger partial charge is 0.352 e. The Bertz CT molecular complexity index is 552. The highest BCUT2D eigenvalue weighted by Gasteiger charge is 2.36. The van der Waals surface area contributed by atoms with Gasteiger partial charge in [-0.3, -0.25) is 14.6 Å². The first kappa shape index (κ1) is 17.2. The number of alkyl halides is 3. The van der Waals surface area contributed by atoms with Crippen molar-refractivity contribution in [2.24, 2.45) is 0 Å². The predicted molar refractivity (Wildman–Crippen MR) is 84.4 cm³/mol. The molecule has 24 heavy (non-hydrogen) atoms. The van der Waals surface area contributed by atoms with Crippen LogP contribution in [-0.2, 0) is 4.79 Å². The number of benzene rings is 1. The van der Waals surface area contributed by atoms with E-state index in [1.54, 1.807) is 0 Å². The van der Waals surface area contributed by atoms with E-state index in [1.165, 1.54) is 4.90 Å². The average Bonchev–Trinajstić information content (AvgIpc) is 3.33.